The van der Waals surface area contributed by atoms with Gasteiger partial charge >= 0.3 is 0 Å². The topological polar surface area (TPSA) is 26.0 Å². The van der Waals surface area contributed by atoms with Crippen molar-refractivity contribution in [3.63, 3.8) is 0 Å². The van der Waals surface area contributed by atoms with Gasteiger partial charge in [-0.25, -0.2) is 0 Å². The van der Waals surface area contributed by atoms with E-state index in [1.54, 1.807) is 0 Å². The summed E-state index contributed by atoms with van der Waals surface area (Å²) in [6.07, 6.45) is 4.06. The lowest BCUT2D eigenvalue weighted by Gasteiger charge is -2.24. The second kappa shape index (κ2) is 3.81. The highest BCUT2D eigenvalue weighted by Crippen LogP contribution is 2.37. The molecule has 0 saturated heterocycles. The monoisotopic (exact) mass is 213 g/mol. The van der Waals surface area contributed by atoms with Crippen LogP contribution in [0.3, 0.4) is 0 Å². The highest BCUT2D eigenvalue weighted by atomic mass is 35.5. The van der Waals surface area contributed by atoms with Gasteiger partial charge in [0.1, 0.15) is 0 Å². The first-order valence-corrected chi connectivity index (χ1v) is 5.73. The molecule has 0 unspecified atom stereocenters. The summed E-state index contributed by atoms with van der Waals surface area (Å²) in [5.74, 6) is 0. The Morgan fingerprint density at radius 1 is 1.38 bits per heavy atom. The number of anilines is 1. The van der Waals surface area contributed by atoms with E-state index in [1.807, 2.05) is 30.0 Å². The molecule has 1 nitrogen and oxygen atoms in total. The van der Waals surface area contributed by atoms with E-state index < -0.39 is 0 Å². The number of benzene rings is 1. The lowest BCUT2D eigenvalue weighted by molar-refractivity contribution is 0.522. The Labute approximate surface area is 87.7 Å². The van der Waals surface area contributed by atoms with Crippen LogP contribution < -0.4 is 5.73 Å². The molecule has 0 bridgehead atoms. The van der Waals surface area contributed by atoms with Crippen LogP contribution in [0.2, 0.25) is 5.02 Å². The molecule has 70 valence electrons. The maximum absolute atomic E-state index is 5.92. The quantitative estimate of drug-likeness (QED) is 0.761. The summed E-state index contributed by atoms with van der Waals surface area (Å²) in [6, 6.07) is 5.88. The standard InChI is InChI=1S/C10H12ClNS/c11-9-6-8(4-5-10(9)12)13-7-2-1-3-7/h4-7H,1-3,12H2. The summed E-state index contributed by atoms with van der Waals surface area (Å²) in [6.45, 7) is 0. The Balaban J connectivity index is 2.07. The molecule has 0 aromatic heterocycles. The SMILES string of the molecule is Nc1ccc(SC2CCC2)cc1Cl. The molecule has 0 spiro atoms. The largest absolute Gasteiger partial charge is 0.398 e. The molecule has 13 heavy (non-hydrogen) atoms. The van der Waals surface area contributed by atoms with Crippen LogP contribution in [0.15, 0.2) is 23.1 Å². The smallest absolute Gasteiger partial charge is 0.0646 e. The number of halogens is 1. The Morgan fingerprint density at radius 2 is 2.15 bits per heavy atom. The molecule has 1 saturated carbocycles. The zero-order valence-electron chi connectivity index (χ0n) is 7.29. The van der Waals surface area contributed by atoms with Gasteiger partial charge in [-0.05, 0) is 31.0 Å². The fourth-order valence-corrected chi connectivity index (χ4v) is 2.79. The molecule has 1 aliphatic rings. The van der Waals surface area contributed by atoms with Crippen LogP contribution in [-0.4, -0.2) is 5.25 Å². The van der Waals surface area contributed by atoms with Crippen molar-refractivity contribution in [2.45, 2.75) is 29.4 Å². The fourth-order valence-electron chi connectivity index (χ4n) is 1.26. The minimum atomic E-state index is 0.666. The molecule has 0 aliphatic heterocycles. The molecule has 2 N–H and O–H groups in total. The van der Waals surface area contributed by atoms with Crippen molar-refractivity contribution >= 4 is 29.1 Å². The predicted molar refractivity (Wildman–Crippen MR) is 59.4 cm³/mol. The van der Waals surface area contributed by atoms with E-state index in [0.717, 1.165) is 5.25 Å². The Morgan fingerprint density at radius 3 is 2.69 bits per heavy atom. The van der Waals surface area contributed by atoms with Gasteiger partial charge in [-0.15, -0.1) is 11.8 Å². The van der Waals surface area contributed by atoms with E-state index in [-0.39, 0.29) is 0 Å². The van der Waals surface area contributed by atoms with E-state index >= 15 is 0 Å². The third-order valence-corrected chi connectivity index (χ3v) is 3.99. The highest BCUT2D eigenvalue weighted by molar-refractivity contribution is 8.00. The van der Waals surface area contributed by atoms with Gasteiger partial charge in [0, 0.05) is 10.1 Å². The van der Waals surface area contributed by atoms with Crippen LogP contribution in [0.5, 0.6) is 0 Å². The molecule has 1 aromatic carbocycles. The maximum atomic E-state index is 5.92. The lowest BCUT2D eigenvalue weighted by atomic mass is 10.0. The van der Waals surface area contributed by atoms with Crippen LogP contribution in [0.4, 0.5) is 5.69 Å². The zero-order chi connectivity index (χ0) is 9.26. The molecule has 0 radical (unpaired) electrons. The zero-order valence-corrected chi connectivity index (χ0v) is 8.87. The Kier molecular flexibility index (Phi) is 2.70. The Hall–Kier alpha value is -0.340. The second-order valence-corrected chi connectivity index (χ2v) is 5.14. The minimum absolute atomic E-state index is 0.666. The van der Waals surface area contributed by atoms with Crippen molar-refractivity contribution in [2.24, 2.45) is 0 Å². The summed E-state index contributed by atoms with van der Waals surface area (Å²) >= 11 is 7.83. The molecule has 2 rings (SSSR count). The molecule has 0 amide bonds. The lowest BCUT2D eigenvalue weighted by Crippen LogP contribution is -2.12. The van der Waals surface area contributed by atoms with Gasteiger partial charge in [-0.1, -0.05) is 18.0 Å². The number of hydrogen-bond acceptors (Lipinski definition) is 2. The number of thioether (sulfide) groups is 1. The molecule has 1 fully saturated rings. The maximum Gasteiger partial charge on any atom is 0.0646 e. The molecule has 0 atom stereocenters. The number of rotatable bonds is 2. The van der Waals surface area contributed by atoms with Crippen molar-refractivity contribution in [1.82, 2.24) is 0 Å². The summed E-state index contributed by atoms with van der Waals surface area (Å²) in [4.78, 5) is 1.24. The third-order valence-electron chi connectivity index (χ3n) is 2.33. The first-order valence-electron chi connectivity index (χ1n) is 4.47. The summed E-state index contributed by atoms with van der Waals surface area (Å²) < 4.78 is 0. The van der Waals surface area contributed by atoms with Gasteiger partial charge in [0.2, 0.25) is 0 Å². The van der Waals surface area contributed by atoms with Crippen LogP contribution >= 0.6 is 23.4 Å². The average Bonchev–Trinajstić information content (AvgIpc) is 2.04. The molecular formula is C10H12ClNS. The first-order chi connectivity index (χ1) is 6.25. The average molecular weight is 214 g/mol. The third kappa shape index (κ3) is 2.12. The normalized spacial score (nSPS) is 17.0. The molecule has 0 heterocycles. The van der Waals surface area contributed by atoms with Gasteiger partial charge < -0.3 is 5.73 Å². The number of hydrogen-bond donors (Lipinski definition) is 1. The van der Waals surface area contributed by atoms with E-state index in [9.17, 15) is 0 Å². The minimum Gasteiger partial charge on any atom is -0.398 e. The number of nitrogen functional groups attached to an aromatic ring is 1. The van der Waals surface area contributed by atoms with E-state index in [2.05, 4.69) is 0 Å². The van der Waals surface area contributed by atoms with Crippen molar-refractivity contribution in [2.75, 3.05) is 5.73 Å². The van der Waals surface area contributed by atoms with Gasteiger partial charge in [0.15, 0.2) is 0 Å². The van der Waals surface area contributed by atoms with E-state index in [4.69, 9.17) is 17.3 Å². The Bertz CT molecular complexity index is 310. The van der Waals surface area contributed by atoms with E-state index in [0.29, 0.717) is 10.7 Å². The van der Waals surface area contributed by atoms with Crippen molar-refractivity contribution < 1.29 is 0 Å². The molecule has 1 aromatic rings. The van der Waals surface area contributed by atoms with Crippen LogP contribution in [0.1, 0.15) is 19.3 Å². The van der Waals surface area contributed by atoms with Crippen molar-refractivity contribution in [3.8, 4) is 0 Å². The second-order valence-electron chi connectivity index (χ2n) is 3.35. The van der Waals surface area contributed by atoms with Gasteiger partial charge in [0.05, 0.1) is 10.7 Å². The fraction of sp³-hybridized carbons (Fsp3) is 0.400. The molecule has 1 aliphatic carbocycles. The molecule has 3 heteroatoms. The van der Waals surface area contributed by atoms with Crippen molar-refractivity contribution in [1.29, 1.82) is 0 Å². The predicted octanol–water partition coefficient (Wildman–Crippen LogP) is 3.57. The van der Waals surface area contributed by atoms with Gasteiger partial charge in [0.25, 0.3) is 0 Å². The first kappa shape index (κ1) is 9.22. The van der Waals surface area contributed by atoms with Gasteiger partial charge in [-0.2, -0.15) is 0 Å². The summed E-state index contributed by atoms with van der Waals surface area (Å²) in [5, 5.41) is 1.48. The van der Waals surface area contributed by atoms with Crippen molar-refractivity contribution in [3.05, 3.63) is 23.2 Å². The van der Waals surface area contributed by atoms with Crippen LogP contribution in [-0.2, 0) is 0 Å². The highest BCUT2D eigenvalue weighted by Gasteiger charge is 2.18. The van der Waals surface area contributed by atoms with E-state index in [1.165, 1.54) is 24.2 Å². The number of nitrogens with two attached hydrogens (primary N) is 1. The summed E-state index contributed by atoms with van der Waals surface area (Å²) in [5.41, 5.74) is 6.29. The molecular weight excluding hydrogens is 202 g/mol. The van der Waals surface area contributed by atoms with Crippen LogP contribution in [0.25, 0.3) is 0 Å². The van der Waals surface area contributed by atoms with Crippen LogP contribution in [0, 0.1) is 0 Å². The van der Waals surface area contributed by atoms with Gasteiger partial charge in [-0.3, -0.25) is 0 Å². The summed E-state index contributed by atoms with van der Waals surface area (Å²) in [7, 11) is 0.